The Hall–Kier alpha value is -2.86. The second kappa shape index (κ2) is 5.40. The summed E-state index contributed by atoms with van der Waals surface area (Å²) in [6.45, 7) is 0. The van der Waals surface area contributed by atoms with Crippen LogP contribution in [0.15, 0.2) is 47.3 Å². The summed E-state index contributed by atoms with van der Waals surface area (Å²) in [5.41, 5.74) is 10.6. The Balaban J connectivity index is 1.62. The summed E-state index contributed by atoms with van der Waals surface area (Å²) in [6.07, 6.45) is 4.27. The zero-order valence-corrected chi connectivity index (χ0v) is 13.0. The molecule has 1 aliphatic rings. The second-order valence-electron chi connectivity index (χ2n) is 5.29. The van der Waals surface area contributed by atoms with Crippen LogP contribution in [0, 0.1) is 0 Å². The minimum atomic E-state index is 0.315. The lowest BCUT2D eigenvalue weighted by molar-refractivity contribution is 0.513. The van der Waals surface area contributed by atoms with Gasteiger partial charge in [0.05, 0.1) is 11.9 Å². The molecule has 4 N–H and O–H groups in total. The number of nitrogens with one attached hydrogen (secondary N) is 1. The summed E-state index contributed by atoms with van der Waals surface area (Å²) in [4.78, 5) is 8.77. The summed E-state index contributed by atoms with van der Waals surface area (Å²) in [7, 11) is 0. The highest BCUT2D eigenvalue weighted by Crippen LogP contribution is 2.30. The first-order valence-electron chi connectivity index (χ1n) is 7.15. The summed E-state index contributed by atoms with van der Waals surface area (Å²) in [5, 5.41) is 17.0. The molecular formula is C17H14N4OS. The van der Waals surface area contributed by atoms with Crippen molar-refractivity contribution < 1.29 is 5.11 Å². The van der Waals surface area contributed by atoms with Gasteiger partial charge in [0.15, 0.2) is 11.6 Å². The molecule has 4 rings (SSSR count). The molecule has 0 aliphatic heterocycles. The number of aliphatic hydroxyl groups is 1. The molecule has 0 bridgehead atoms. The van der Waals surface area contributed by atoms with E-state index in [9.17, 15) is 5.11 Å². The van der Waals surface area contributed by atoms with E-state index in [2.05, 4.69) is 15.3 Å². The molecule has 0 saturated heterocycles. The predicted octanol–water partition coefficient (Wildman–Crippen LogP) is 3.99. The Labute approximate surface area is 137 Å². The van der Waals surface area contributed by atoms with Crippen LogP contribution in [0.5, 0.6) is 0 Å². The third kappa shape index (κ3) is 2.53. The summed E-state index contributed by atoms with van der Waals surface area (Å²) in [5.74, 6) is 1.16. The number of fused-ring (bicyclic) bond motifs is 1. The van der Waals surface area contributed by atoms with Gasteiger partial charge >= 0.3 is 0 Å². The average Bonchev–Trinajstić information content (AvgIpc) is 3.20. The third-order valence-corrected chi connectivity index (χ3v) is 4.46. The van der Waals surface area contributed by atoms with Gasteiger partial charge in [-0.25, -0.2) is 9.97 Å². The van der Waals surface area contributed by atoms with Crippen LogP contribution in [0.3, 0.4) is 0 Å². The molecule has 0 unspecified atom stereocenters. The quantitative estimate of drug-likeness (QED) is 0.679. The Kier molecular flexibility index (Phi) is 3.24. The van der Waals surface area contributed by atoms with Crippen molar-refractivity contribution in [2.75, 3.05) is 11.1 Å². The first-order chi connectivity index (χ1) is 11.2. The molecule has 3 aromatic rings. The number of aromatic nitrogens is 2. The van der Waals surface area contributed by atoms with Crippen LogP contribution in [-0.4, -0.2) is 15.1 Å². The number of aliphatic hydroxyl groups excluding tert-OH is 1. The molecule has 0 fully saturated rings. The SMILES string of the molecule is Nc1nc(-c2ccsc2)cnc1Nc1ccc2c(c1)C(O)=CC2. The highest BCUT2D eigenvalue weighted by Gasteiger charge is 2.14. The first-order valence-corrected chi connectivity index (χ1v) is 8.09. The number of benzene rings is 1. The van der Waals surface area contributed by atoms with E-state index in [-0.39, 0.29) is 0 Å². The van der Waals surface area contributed by atoms with Gasteiger partial charge in [0, 0.05) is 22.2 Å². The molecule has 1 aliphatic carbocycles. The Morgan fingerprint density at radius 1 is 1.26 bits per heavy atom. The van der Waals surface area contributed by atoms with Gasteiger partial charge in [0.2, 0.25) is 0 Å². The van der Waals surface area contributed by atoms with Crippen molar-refractivity contribution in [2.24, 2.45) is 0 Å². The van der Waals surface area contributed by atoms with E-state index in [1.807, 2.05) is 35.0 Å². The Bertz CT molecular complexity index is 903. The molecule has 5 nitrogen and oxygen atoms in total. The van der Waals surface area contributed by atoms with Crippen molar-refractivity contribution in [2.45, 2.75) is 6.42 Å². The van der Waals surface area contributed by atoms with Crippen molar-refractivity contribution >= 4 is 34.4 Å². The van der Waals surface area contributed by atoms with Crippen molar-refractivity contribution in [3.8, 4) is 11.3 Å². The van der Waals surface area contributed by atoms with Crippen LogP contribution in [0.2, 0.25) is 0 Å². The fourth-order valence-electron chi connectivity index (χ4n) is 2.57. The van der Waals surface area contributed by atoms with E-state index >= 15 is 0 Å². The lowest BCUT2D eigenvalue weighted by atomic mass is 10.1. The number of nitrogens with zero attached hydrogens (tertiary/aromatic N) is 2. The van der Waals surface area contributed by atoms with Crippen LogP contribution >= 0.6 is 11.3 Å². The molecule has 0 radical (unpaired) electrons. The van der Waals surface area contributed by atoms with Gasteiger partial charge in [0.25, 0.3) is 0 Å². The van der Waals surface area contributed by atoms with Gasteiger partial charge in [-0.1, -0.05) is 6.07 Å². The van der Waals surface area contributed by atoms with E-state index in [4.69, 9.17) is 5.73 Å². The minimum Gasteiger partial charge on any atom is -0.508 e. The Morgan fingerprint density at radius 2 is 2.17 bits per heavy atom. The van der Waals surface area contributed by atoms with Crippen molar-refractivity contribution in [3.05, 3.63) is 58.4 Å². The standard InChI is InChI=1S/C17H14N4OS/c18-16-17(19-8-14(21-16)11-5-6-23-9-11)20-12-3-1-10-2-4-15(22)13(10)7-12/h1,3-9,22H,2H2,(H2,18,21)(H,19,20). The number of nitrogens with two attached hydrogens (primary N) is 1. The maximum Gasteiger partial charge on any atom is 0.173 e. The van der Waals surface area contributed by atoms with Crippen molar-refractivity contribution in [1.82, 2.24) is 9.97 Å². The zero-order valence-electron chi connectivity index (χ0n) is 12.2. The fourth-order valence-corrected chi connectivity index (χ4v) is 3.22. The topological polar surface area (TPSA) is 84.1 Å². The van der Waals surface area contributed by atoms with E-state index in [1.165, 1.54) is 0 Å². The van der Waals surface area contributed by atoms with Crippen LogP contribution in [0.1, 0.15) is 11.1 Å². The van der Waals surface area contributed by atoms with Gasteiger partial charge in [0.1, 0.15) is 5.76 Å². The van der Waals surface area contributed by atoms with E-state index in [0.717, 1.165) is 34.5 Å². The summed E-state index contributed by atoms with van der Waals surface area (Å²) < 4.78 is 0. The average molecular weight is 322 g/mol. The fraction of sp³-hybridized carbons (Fsp3) is 0.0588. The second-order valence-corrected chi connectivity index (χ2v) is 6.07. The molecule has 2 heterocycles. The van der Waals surface area contributed by atoms with Crippen LogP contribution in [0.4, 0.5) is 17.3 Å². The lowest BCUT2D eigenvalue weighted by Crippen LogP contribution is -2.03. The number of rotatable bonds is 3. The first kappa shape index (κ1) is 13.8. The molecule has 0 atom stereocenters. The molecule has 23 heavy (non-hydrogen) atoms. The molecule has 114 valence electrons. The van der Waals surface area contributed by atoms with E-state index in [1.54, 1.807) is 23.6 Å². The van der Waals surface area contributed by atoms with Gasteiger partial charge in [-0.3, -0.25) is 0 Å². The monoisotopic (exact) mass is 322 g/mol. The smallest absolute Gasteiger partial charge is 0.173 e. The number of nitrogen functional groups attached to an aromatic ring is 1. The minimum absolute atomic E-state index is 0.315. The molecule has 1 aromatic carbocycles. The molecule has 2 aromatic heterocycles. The number of allylic oxidation sites excluding steroid dienone is 1. The third-order valence-electron chi connectivity index (χ3n) is 3.78. The molecular weight excluding hydrogens is 308 g/mol. The van der Waals surface area contributed by atoms with E-state index in [0.29, 0.717) is 17.4 Å². The van der Waals surface area contributed by atoms with Gasteiger partial charge in [-0.2, -0.15) is 11.3 Å². The van der Waals surface area contributed by atoms with Gasteiger partial charge in [-0.15, -0.1) is 0 Å². The highest BCUT2D eigenvalue weighted by atomic mass is 32.1. The molecule has 0 spiro atoms. The van der Waals surface area contributed by atoms with E-state index < -0.39 is 0 Å². The van der Waals surface area contributed by atoms with Crippen LogP contribution in [0.25, 0.3) is 17.0 Å². The zero-order chi connectivity index (χ0) is 15.8. The van der Waals surface area contributed by atoms with Crippen molar-refractivity contribution in [3.63, 3.8) is 0 Å². The molecule has 6 heteroatoms. The van der Waals surface area contributed by atoms with Crippen LogP contribution in [-0.2, 0) is 6.42 Å². The predicted molar refractivity (Wildman–Crippen MR) is 93.8 cm³/mol. The largest absolute Gasteiger partial charge is 0.508 e. The normalized spacial score (nSPS) is 12.8. The number of anilines is 3. The molecule has 0 amide bonds. The maximum absolute atomic E-state index is 9.85. The summed E-state index contributed by atoms with van der Waals surface area (Å²) >= 11 is 1.61. The molecule has 0 saturated carbocycles. The highest BCUT2D eigenvalue weighted by molar-refractivity contribution is 7.08. The summed E-state index contributed by atoms with van der Waals surface area (Å²) in [6, 6.07) is 7.80. The lowest BCUT2D eigenvalue weighted by Gasteiger charge is -2.10. The van der Waals surface area contributed by atoms with Gasteiger partial charge < -0.3 is 16.2 Å². The number of hydrogen-bond donors (Lipinski definition) is 3. The Morgan fingerprint density at radius 3 is 2.96 bits per heavy atom. The van der Waals surface area contributed by atoms with Crippen molar-refractivity contribution in [1.29, 1.82) is 0 Å². The van der Waals surface area contributed by atoms with Crippen LogP contribution < -0.4 is 11.1 Å². The number of hydrogen-bond acceptors (Lipinski definition) is 6. The van der Waals surface area contributed by atoms with Gasteiger partial charge in [-0.05, 0) is 41.6 Å². The maximum atomic E-state index is 9.85. The number of thiophene rings is 1.